The van der Waals surface area contributed by atoms with Gasteiger partial charge in [-0.25, -0.2) is 4.90 Å². The molecule has 9 nitrogen and oxygen atoms in total. The molecule has 0 unspecified atom stereocenters. The van der Waals surface area contributed by atoms with Gasteiger partial charge >= 0.3 is 0 Å². The van der Waals surface area contributed by atoms with Crippen molar-refractivity contribution < 1.29 is 29.1 Å². The molecule has 10 heteroatoms. The molecule has 3 aliphatic rings. The van der Waals surface area contributed by atoms with E-state index in [1.807, 2.05) is 0 Å². The van der Waals surface area contributed by atoms with E-state index in [0.29, 0.717) is 31.1 Å². The Morgan fingerprint density at radius 2 is 2.00 bits per heavy atom. The number of nitro groups is 1. The molecule has 2 aromatic rings. The van der Waals surface area contributed by atoms with Crippen LogP contribution in [0.5, 0.6) is 5.75 Å². The van der Waals surface area contributed by atoms with E-state index in [2.05, 4.69) is 13.0 Å². The highest BCUT2D eigenvalue weighted by Gasteiger charge is 2.57. The number of fused-ring (bicyclic) bond motifs is 3. The Labute approximate surface area is 243 Å². The first-order valence-electron chi connectivity index (χ1n) is 13.9. The number of imide groups is 1. The highest BCUT2D eigenvalue weighted by molar-refractivity contribution is 6.32. The standard InChI is InChI=1S/C31H33ClN2O7/c1-3-5-18(12-19-9-10-23(35)15-26(19)32)8-11-27-28-20(16-40-2)13-24-29(25(28)17-41-27)31(37)33(30(24)36)21-6-4-7-22(14-21)34(38)39/h4,6-7,9-10,12,14-15,24-25,27,29,35H,3,5,8,11,13,16-17H2,1-2H3/b18-12+/t24-,25+,27-,29-/m1/s1. The minimum atomic E-state index is -0.580. The van der Waals surface area contributed by atoms with Crippen molar-refractivity contribution in [3.05, 3.63) is 79.9 Å². The zero-order valence-electron chi connectivity index (χ0n) is 23.0. The van der Waals surface area contributed by atoms with Crippen molar-refractivity contribution in [2.45, 2.75) is 45.1 Å². The molecule has 41 heavy (non-hydrogen) atoms. The monoisotopic (exact) mass is 580 g/mol. The van der Waals surface area contributed by atoms with E-state index in [0.717, 1.165) is 40.9 Å². The van der Waals surface area contributed by atoms with Crippen LogP contribution in [0, 0.1) is 27.9 Å². The Bertz CT molecular complexity index is 1440. The normalized spacial score (nSPS) is 24.2. The molecular formula is C31H33ClN2O7. The van der Waals surface area contributed by atoms with Crippen LogP contribution in [0.3, 0.4) is 0 Å². The van der Waals surface area contributed by atoms with Crippen LogP contribution in [-0.4, -0.2) is 48.3 Å². The van der Waals surface area contributed by atoms with Crippen LogP contribution in [0.1, 0.15) is 44.6 Å². The topological polar surface area (TPSA) is 119 Å². The first-order chi connectivity index (χ1) is 19.7. The highest BCUT2D eigenvalue weighted by atomic mass is 35.5. The summed E-state index contributed by atoms with van der Waals surface area (Å²) in [4.78, 5) is 39.2. The van der Waals surface area contributed by atoms with E-state index in [9.17, 15) is 24.8 Å². The summed E-state index contributed by atoms with van der Waals surface area (Å²) < 4.78 is 11.8. The Morgan fingerprint density at radius 3 is 2.71 bits per heavy atom. The molecule has 0 aromatic heterocycles. The van der Waals surface area contributed by atoms with Crippen LogP contribution in [0.2, 0.25) is 5.02 Å². The number of hydrogen-bond donors (Lipinski definition) is 1. The average Bonchev–Trinajstić information content (AvgIpc) is 3.47. The van der Waals surface area contributed by atoms with E-state index in [4.69, 9.17) is 21.1 Å². The van der Waals surface area contributed by atoms with Crippen LogP contribution < -0.4 is 4.90 Å². The Morgan fingerprint density at radius 1 is 1.20 bits per heavy atom. The largest absolute Gasteiger partial charge is 0.508 e. The maximum absolute atomic E-state index is 13.7. The summed E-state index contributed by atoms with van der Waals surface area (Å²) in [5, 5.41) is 21.5. The van der Waals surface area contributed by atoms with Crippen molar-refractivity contribution in [1.29, 1.82) is 0 Å². The van der Waals surface area contributed by atoms with E-state index in [1.165, 1.54) is 29.8 Å². The number of halogens is 1. The average molecular weight is 581 g/mol. The molecule has 1 aliphatic carbocycles. The number of rotatable bonds is 10. The van der Waals surface area contributed by atoms with Crippen LogP contribution in [-0.2, 0) is 19.1 Å². The molecule has 2 aromatic carbocycles. The molecule has 2 heterocycles. The van der Waals surface area contributed by atoms with Gasteiger partial charge in [0.1, 0.15) is 5.75 Å². The lowest BCUT2D eigenvalue weighted by Gasteiger charge is -2.31. The molecule has 5 rings (SSSR count). The summed E-state index contributed by atoms with van der Waals surface area (Å²) >= 11 is 6.36. The van der Waals surface area contributed by atoms with Gasteiger partial charge in [0.15, 0.2) is 0 Å². The minimum Gasteiger partial charge on any atom is -0.508 e. The molecule has 2 saturated heterocycles. The fraction of sp³-hybridized carbons (Fsp3) is 0.419. The predicted octanol–water partition coefficient (Wildman–Crippen LogP) is 6.09. The van der Waals surface area contributed by atoms with Gasteiger partial charge in [-0.1, -0.05) is 42.7 Å². The summed E-state index contributed by atoms with van der Waals surface area (Å²) in [5.41, 5.74) is 4.13. The SMILES string of the molecule is CCC/C(=C\c1ccc(O)cc1Cl)CC[C@H]1OC[C@H]2C1=C(COC)C[C@H]1C(=O)N(c3cccc([N+](=O)[O-])c3)C(=O)[C@H]12. The first kappa shape index (κ1) is 29.0. The number of nitro benzene ring substituents is 1. The van der Waals surface area contributed by atoms with Crippen LogP contribution in [0.4, 0.5) is 11.4 Å². The number of anilines is 1. The number of nitrogens with zero attached hydrogens (tertiary/aromatic N) is 2. The lowest BCUT2D eigenvalue weighted by atomic mass is 9.69. The number of benzene rings is 2. The fourth-order valence-electron chi connectivity index (χ4n) is 6.54. The van der Waals surface area contributed by atoms with Gasteiger partial charge in [-0.15, -0.1) is 0 Å². The predicted molar refractivity (Wildman–Crippen MR) is 155 cm³/mol. The van der Waals surface area contributed by atoms with Crippen molar-refractivity contribution in [1.82, 2.24) is 0 Å². The lowest BCUT2D eigenvalue weighted by Crippen LogP contribution is -2.35. The zero-order chi connectivity index (χ0) is 29.3. The number of allylic oxidation sites excluding steroid dienone is 1. The minimum absolute atomic E-state index is 0.117. The molecule has 1 N–H and O–H groups in total. The number of aromatic hydroxyl groups is 1. The Balaban J connectivity index is 1.40. The number of hydrogen-bond acceptors (Lipinski definition) is 7. The summed E-state index contributed by atoms with van der Waals surface area (Å²) in [6.45, 7) is 2.78. The number of phenols is 1. The number of non-ortho nitro benzene ring substituents is 1. The van der Waals surface area contributed by atoms with E-state index < -0.39 is 16.8 Å². The van der Waals surface area contributed by atoms with E-state index in [-0.39, 0.29) is 41.0 Å². The van der Waals surface area contributed by atoms with Gasteiger partial charge in [0.25, 0.3) is 5.69 Å². The molecule has 2 fully saturated rings. The second-order valence-corrected chi connectivity index (χ2v) is 11.2. The van der Waals surface area contributed by atoms with Gasteiger partial charge in [0.2, 0.25) is 11.8 Å². The third kappa shape index (κ3) is 5.66. The fourth-order valence-corrected chi connectivity index (χ4v) is 6.77. The smallest absolute Gasteiger partial charge is 0.271 e. The Kier molecular flexibility index (Phi) is 8.58. The molecule has 0 radical (unpaired) electrons. The number of carbonyl (C=O) groups excluding carboxylic acids is 2. The summed E-state index contributed by atoms with van der Waals surface area (Å²) in [5.74, 6) is -1.95. The number of amides is 2. The molecule has 0 saturated carbocycles. The van der Waals surface area contributed by atoms with Gasteiger partial charge in [0.05, 0.1) is 46.8 Å². The first-order valence-corrected chi connectivity index (χ1v) is 14.2. The molecule has 0 spiro atoms. The van der Waals surface area contributed by atoms with Crippen LogP contribution in [0.15, 0.2) is 59.2 Å². The van der Waals surface area contributed by atoms with Gasteiger partial charge in [-0.3, -0.25) is 19.7 Å². The zero-order valence-corrected chi connectivity index (χ0v) is 23.8. The quantitative estimate of drug-likeness (QED) is 0.156. The van der Waals surface area contributed by atoms with Crippen molar-refractivity contribution in [3.8, 4) is 5.75 Å². The Hall–Kier alpha value is -3.53. The van der Waals surface area contributed by atoms with Crippen molar-refractivity contribution >= 4 is 40.9 Å². The van der Waals surface area contributed by atoms with Crippen LogP contribution >= 0.6 is 11.6 Å². The third-order valence-corrected chi connectivity index (χ3v) is 8.60. The molecular weight excluding hydrogens is 548 g/mol. The lowest BCUT2D eigenvalue weighted by molar-refractivity contribution is -0.384. The maximum Gasteiger partial charge on any atom is 0.271 e. The number of phenolic OH excluding ortho intramolecular Hbond substituents is 1. The molecule has 2 aliphatic heterocycles. The van der Waals surface area contributed by atoms with E-state index in [1.54, 1.807) is 25.3 Å². The molecule has 0 bridgehead atoms. The van der Waals surface area contributed by atoms with Crippen LogP contribution in [0.25, 0.3) is 6.08 Å². The van der Waals surface area contributed by atoms with Crippen molar-refractivity contribution in [2.75, 3.05) is 25.2 Å². The number of carbonyl (C=O) groups is 2. The second kappa shape index (κ2) is 12.1. The summed E-state index contributed by atoms with van der Waals surface area (Å²) in [6.07, 6.45) is 5.54. The number of ether oxygens (including phenoxy) is 2. The maximum atomic E-state index is 13.7. The van der Waals surface area contributed by atoms with Gasteiger partial charge in [0, 0.05) is 25.2 Å². The van der Waals surface area contributed by atoms with E-state index >= 15 is 0 Å². The summed E-state index contributed by atoms with van der Waals surface area (Å²) in [6, 6.07) is 10.6. The van der Waals surface area contributed by atoms with Gasteiger partial charge in [-0.05, 0) is 66.7 Å². The second-order valence-electron chi connectivity index (χ2n) is 10.8. The van der Waals surface area contributed by atoms with Gasteiger partial charge < -0.3 is 14.6 Å². The highest BCUT2D eigenvalue weighted by Crippen LogP contribution is 2.50. The van der Waals surface area contributed by atoms with Crippen molar-refractivity contribution in [2.24, 2.45) is 17.8 Å². The number of methoxy groups -OCH3 is 1. The molecule has 216 valence electrons. The molecule has 2 amide bonds. The molecule has 4 atom stereocenters. The summed E-state index contributed by atoms with van der Waals surface area (Å²) in [7, 11) is 1.61. The van der Waals surface area contributed by atoms with Crippen molar-refractivity contribution in [3.63, 3.8) is 0 Å². The third-order valence-electron chi connectivity index (χ3n) is 8.27. The van der Waals surface area contributed by atoms with Gasteiger partial charge in [-0.2, -0.15) is 0 Å².